The highest BCUT2D eigenvalue weighted by Gasteiger charge is 2.67. The second kappa shape index (κ2) is 7.37. The first-order valence-corrected chi connectivity index (χ1v) is 10.9. The van der Waals surface area contributed by atoms with Crippen LogP contribution in [0.1, 0.15) is 53.6 Å². The standard InChI is InChI=1S/C25H23F3N2O3/c26-25(27,28)18-6-4-16(5-7-18)12-30-11-9-17-2-1-3-19(21(17)30)22(33)29-24-13-23(14-24,15-24)10-8-20(31)32/h1-7,9,11H,8,10,12-15H2,(H,29,33)(H,31,32). The van der Waals surface area contributed by atoms with Crippen LogP contribution in [0.15, 0.2) is 54.7 Å². The summed E-state index contributed by atoms with van der Waals surface area (Å²) in [5, 5.41) is 13.0. The molecule has 3 saturated carbocycles. The zero-order valence-corrected chi connectivity index (χ0v) is 17.8. The third-order valence-corrected chi connectivity index (χ3v) is 7.06. The van der Waals surface area contributed by atoms with Crippen molar-refractivity contribution in [2.75, 3.05) is 0 Å². The van der Waals surface area contributed by atoms with Gasteiger partial charge in [-0.1, -0.05) is 24.3 Å². The van der Waals surface area contributed by atoms with Crippen LogP contribution in [0.25, 0.3) is 10.9 Å². The Labute approximate surface area is 188 Å². The van der Waals surface area contributed by atoms with E-state index >= 15 is 0 Å². The van der Waals surface area contributed by atoms with E-state index in [0.29, 0.717) is 24.1 Å². The fourth-order valence-electron chi connectivity index (χ4n) is 5.65. The van der Waals surface area contributed by atoms with Gasteiger partial charge in [-0.05, 0) is 60.9 Å². The average molecular weight is 456 g/mol. The third kappa shape index (κ3) is 3.87. The smallest absolute Gasteiger partial charge is 0.416 e. The number of amides is 1. The zero-order chi connectivity index (χ0) is 23.4. The van der Waals surface area contributed by atoms with Crippen LogP contribution < -0.4 is 5.32 Å². The van der Waals surface area contributed by atoms with Gasteiger partial charge in [-0.3, -0.25) is 9.59 Å². The number of hydrogen-bond donors (Lipinski definition) is 2. The van der Waals surface area contributed by atoms with Crippen LogP contribution >= 0.6 is 0 Å². The summed E-state index contributed by atoms with van der Waals surface area (Å²) in [4.78, 5) is 24.0. The number of para-hydroxylation sites is 1. The Hall–Kier alpha value is -3.29. The highest BCUT2D eigenvalue weighted by atomic mass is 19.4. The Morgan fingerprint density at radius 1 is 1.03 bits per heavy atom. The SMILES string of the molecule is O=C(O)CCC12CC(NC(=O)c3cccc4ccn(Cc5ccc(C(F)(F)F)cc5)c34)(C1)C2. The molecule has 2 bridgehead atoms. The number of hydrogen-bond acceptors (Lipinski definition) is 2. The molecule has 1 aromatic heterocycles. The van der Waals surface area contributed by atoms with Crippen molar-refractivity contribution in [3.8, 4) is 0 Å². The highest BCUT2D eigenvalue weighted by Crippen LogP contribution is 2.69. The number of aliphatic carboxylic acids is 1. The van der Waals surface area contributed by atoms with Gasteiger partial charge in [0.1, 0.15) is 0 Å². The third-order valence-electron chi connectivity index (χ3n) is 7.06. The minimum absolute atomic E-state index is 0.0560. The van der Waals surface area contributed by atoms with E-state index in [2.05, 4.69) is 5.32 Å². The topological polar surface area (TPSA) is 71.3 Å². The minimum atomic E-state index is -4.38. The van der Waals surface area contributed by atoms with E-state index in [0.717, 1.165) is 42.3 Å². The van der Waals surface area contributed by atoms with Crippen molar-refractivity contribution < 1.29 is 27.9 Å². The van der Waals surface area contributed by atoms with Crippen LogP contribution in [-0.4, -0.2) is 27.1 Å². The van der Waals surface area contributed by atoms with Gasteiger partial charge in [0.05, 0.1) is 16.6 Å². The number of rotatable bonds is 7. The highest BCUT2D eigenvalue weighted by molar-refractivity contribution is 6.06. The Bertz CT molecular complexity index is 1220. The van der Waals surface area contributed by atoms with Crippen LogP contribution in [0.2, 0.25) is 0 Å². The summed E-state index contributed by atoms with van der Waals surface area (Å²) in [5.74, 6) is -0.974. The molecule has 5 nitrogen and oxygen atoms in total. The number of nitrogens with one attached hydrogen (secondary N) is 1. The number of carboxylic acids is 1. The second-order valence-electron chi connectivity index (χ2n) is 9.54. The summed E-state index contributed by atoms with van der Waals surface area (Å²) in [6.45, 7) is 0.343. The fourth-order valence-corrected chi connectivity index (χ4v) is 5.65. The Morgan fingerprint density at radius 3 is 2.36 bits per heavy atom. The molecule has 0 aliphatic heterocycles. The lowest BCUT2D eigenvalue weighted by molar-refractivity contribution is -0.161. The molecule has 6 rings (SSSR count). The molecular formula is C25H23F3N2O3. The molecule has 0 unspecified atom stereocenters. The molecule has 0 radical (unpaired) electrons. The summed E-state index contributed by atoms with van der Waals surface area (Å²) in [6, 6.07) is 12.4. The van der Waals surface area contributed by atoms with E-state index in [1.165, 1.54) is 12.1 Å². The molecule has 0 atom stereocenters. The van der Waals surface area contributed by atoms with Crippen molar-refractivity contribution in [3.05, 3.63) is 71.4 Å². The van der Waals surface area contributed by atoms with Crippen LogP contribution in [0.5, 0.6) is 0 Å². The van der Waals surface area contributed by atoms with Gasteiger partial charge in [0.15, 0.2) is 0 Å². The van der Waals surface area contributed by atoms with Gasteiger partial charge in [0.25, 0.3) is 5.91 Å². The number of carbonyl (C=O) groups is 2. The number of halogens is 3. The van der Waals surface area contributed by atoms with Gasteiger partial charge in [0.2, 0.25) is 0 Å². The first-order valence-electron chi connectivity index (χ1n) is 10.9. The molecule has 33 heavy (non-hydrogen) atoms. The van der Waals surface area contributed by atoms with Crippen LogP contribution in [0.4, 0.5) is 13.2 Å². The lowest BCUT2D eigenvalue weighted by Gasteiger charge is -2.71. The molecule has 0 saturated heterocycles. The summed E-state index contributed by atoms with van der Waals surface area (Å²) < 4.78 is 40.4. The molecule has 2 N–H and O–H groups in total. The number of carboxylic acid groups (broad SMARTS) is 1. The van der Waals surface area contributed by atoms with Crippen LogP contribution in [0, 0.1) is 5.41 Å². The van der Waals surface area contributed by atoms with E-state index in [9.17, 15) is 22.8 Å². The average Bonchev–Trinajstić information content (AvgIpc) is 3.11. The summed E-state index contributed by atoms with van der Waals surface area (Å²) in [7, 11) is 0. The normalized spacial score (nSPS) is 23.6. The van der Waals surface area contributed by atoms with Crippen molar-refractivity contribution in [1.29, 1.82) is 0 Å². The first-order chi connectivity index (χ1) is 15.6. The predicted molar refractivity (Wildman–Crippen MR) is 116 cm³/mol. The molecular weight excluding hydrogens is 433 g/mol. The van der Waals surface area contributed by atoms with Gasteiger partial charge in [-0.25, -0.2) is 0 Å². The van der Waals surface area contributed by atoms with E-state index < -0.39 is 17.7 Å². The van der Waals surface area contributed by atoms with Crippen LogP contribution in [0.3, 0.4) is 0 Å². The van der Waals surface area contributed by atoms with E-state index in [-0.39, 0.29) is 23.3 Å². The molecule has 2 aromatic carbocycles. The Morgan fingerprint density at radius 2 is 1.73 bits per heavy atom. The van der Waals surface area contributed by atoms with Gasteiger partial charge < -0.3 is 15.0 Å². The number of carbonyl (C=O) groups excluding carboxylic acids is 1. The molecule has 1 heterocycles. The summed E-state index contributed by atoms with van der Waals surface area (Å²) in [5.41, 5.74) is 1.08. The Balaban J connectivity index is 1.32. The van der Waals surface area contributed by atoms with Crippen molar-refractivity contribution >= 4 is 22.8 Å². The molecule has 1 amide bonds. The monoisotopic (exact) mass is 456 g/mol. The quantitative estimate of drug-likeness (QED) is 0.512. The van der Waals surface area contributed by atoms with Crippen molar-refractivity contribution in [2.24, 2.45) is 5.41 Å². The second-order valence-corrected chi connectivity index (χ2v) is 9.54. The summed E-state index contributed by atoms with van der Waals surface area (Å²) in [6.07, 6.45) is 0.676. The molecule has 3 aromatic rings. The number of alkyl halides is 3. The lowest BCUT2D eigenvalue weighted by atomic mass is 9.38. The molecule has 8 heteroatoms. The van der Waals surface area contributed by atoms with E-state index in [4.69, 9.17) is 5.11 Å². The van der Waals surface area contributed by atoms with Crippen molar-refractivity contribution in [2.45, 2.75) is 50.4 Å². The van der Waals surface area contributed by atoms with Crippen molar-refractivity contribution in [3.63, 3.8) is 0 Å². The minimum Gasteiger partial charge on any atom is -0.481 e. The molecule has 172 valence electrons. The molecule has 3 aliphatic rings. The van der Waals surface area contributed by atoms with Gasteiger partial charge in [-0.15, -0.1) is 0 Å². The first kappa shape index (κ1) is 21.6. The van der Waals surface area contributed by atoms with E-state index in [1.54, 1.807) is 6.07 Å². The number of benzene rings is 2. The number of nitrogens with zero attached hydrogens (tertiary/aromatic N) is 1. The zero-order valence-electron chi connectivity index (χ0n) is 17.8. The van der Waals surface area contributed by atoms with Crippen molar-refractivity contribution in [1.82, 2.24) is 9.88 Å². The maximum atomic E-state index is 13.2. The van der Waals surface area contributed by atoms with Gasteiger partial charge >= 0.3 is 12.1 Å². The fraction of sp³-hybridized carbons (Fsp3) is 0.360. The van der Waals surface area contributed by atoms with Crippen LogP contribution in [-0.2, 0) is 17.5 Å². The maximum Gasteiger partial charge on any atom is 0.416 e. The number of fused-ring (bicyclic) bond motifs is 1. The molecule has 3 fully saturated rings. The lowest BCUT2D eigenvalue weighted by Crippen LogP contribution is -2.74. The summed E-state index contributed by atoms with van der Waals surface area (Å²) >= 11 is 0. The Kier molecular flexibility index (Phi) is 4.81. The molecule has 3 aliphatic carbocycles. The maximum absolute atomic E-state index is 13.2. The van der Waals surface area contributed by atoms with E-state index in [1.807, 2.05) is 29.0 Å². The van der Waals surface area contributed by atoms with Gasteiger partial charge in [-0.2, -0.15) is 13.2 Å². The predicted octanol–water partition coefficient (Wildman–Crippen LogP) is 5.23. The largest absolute Gasteiger partial charge is 0.481 e. The van der Waals surface area contributed by atoms with Gasteiger partial charge in [0, 0.05) is 30.1 Å². The number of aromatic nitrogens is 1. The molecule has 0 spiro atoms.